The standard InChI is InChI=1S/C12H22N2O2S/c15-6-3-10-2-1-5-14(8-10)12(16)11-9-17-7-4-13-11/h10-11,13,15H,1-9H2. The fourth-order valence-corrected chi connectivity index (χ4v) is 3.55. The number of piperidine rings is 1. The van der Waals surface area contributed by atoms with Gasteiger partial charge in [0, 0.05) is 37.7 Å². The van der Waals surface area contributed by atoms with Gasteiger partial charge in [-0.1, -0.05) is 0 Å². The van der Waals surface area contributed by atoms with E-state index in [0.717, 1.165) is 50.4 Å². The third kappa shape index (κ3) is 3.60. The Morgan fingerprint density at radius 1 is 1.53 bits per heavy atom. The minimum Gasteiger partial charge on any atom is -0.396 e. The van der Waals surface area contributed by atoms with Crippen LogP contribution < -0.4 is 5.32 Å². The van der Waals surface area contributed by atoms with Crippen molar-refractivity contribution < 1.29 is 9.90 Å². The molecular weight excluding hydrogens is 236 g/mol. The molecule has 1 amide bonds. The largest absolute Gasteiger partial charge is 0.396 e. The first-order valence-corrected chi connectivity index (χ1v) is 7.67. The molecule has 2 aliphatic rings. The van der Waals surface area contributed by atoms with Crippen LogP contribution in [0.5, 0.6) is 0 Å². The summed E-state index contributed by atoms with van der Waals surface area (Å²) < 4.78 is 0. The van der Waals surface area contributed by atoms with Crippen molar-refractivity contribution in [3.05, 3.63) is 0 Å². The van der Waals surface area contributed by atoms with Crippen LogP contribution in [-0.2, 0) is 4.79 Å². The Labute approximate surface area is 107 Å². The van der Waals surface area contributed by atoms with Gasteiger partial charge in [0.05, 0.1) is 6.04 Å². The summed E-state index contributed by atoms with van der Waals surface area (Å²) in [4.78, 5) is 14.3. The molecule has 2 rings (SSSR count). The Morgan fingerprint density at radius 3 is 3.12 bits per heavy atom. The smallest absolute Gasteiger partial charge is 0.240 e. The van der Waals surface area contributed by atoms with Crippen LogP contribution in [0.25, 0.3) is 0 Å². The lowest BCUT2D eigenvalue weighted by molar-refractivity contribution is -0.134. The predicted molar refractivity (Wildman–Crippen MR) is 70.1 cm³/mol. The first-order chi connectivity index (χ1) is 8.31. The molecule has 2 atom stereocenters. The van der Waals surface area contributed by atoms with Crippen molar-refractivity contribution in [2.24, 2.45) is 5.92 Å². The maximum Gasteiger partial charge on any atom is 0.240 e. The van der Waals surface area contributed by atoms with Crippen molar-refractivity contribution >= 4 is 17.7 Å². The summed E-state index contributed by atoms with van der Waals surface area (Å²) in [5.74, 6) is 2.77. The molecule has 5 heteroatoms. The zero-order valence-electron chi connectivity index (χ0n) is 10.2. The summed E-state index contributed by atoms with van der Waals surface area (Å²) in [5.41, 5.74) is 0. The number of hydrogen-bond acceptors (Lipinski definition) is 4. The van der Waals surface area contributed by atoms with Crippen molar-refractivity contribution in [3.8, 4) is 0 Å². The quantitative estimate of drug-likeness (QED) is 0.765. The van der Waals surface area contributed by atoms with Crippen LogP contribution in [0.4, 0.5) is 0 Å². The van der Waals surface area contributed by atoms with Gasteiger partial charge in [-0.25, -0.2) is 0 Å². The van der Waals surface area contributed by atoms with Gasteiger partial charge in [0.1, 0.15) is 0 Å². The number of nitrogens with one attached hydrogen (secondary N) is 1. The Morgan fingerprint density at radius 2 is 2.41 bits per heavy atom. The lowest BCUT2D eigenvalue weighted by Gasteiger charge is -2.35. The number of thioether (sulfide) groups is 1. The zero-order valence-corrected chi connectivity index (χ0v) is 11.0. The molecule has 2 N–H and O–H groups in total. The predicted octanol–water partition coefficient (Wildman–Crippen LogP) is 0.312. The monoisotopic (exact) mass is 258 g/mol. The number of amides is 1. The fraction of sp³-hybridized carbons (Fsp3) is 0.917. The van der Waals surface area contributed by atoms with E-state index in [1.165, 1.54) is 0 Å². The van der Waals surface area contributed by atoms with Crippen LogP contribution in [0.15, 0.2) is 0 Å². The number of likely N-dealkylation sites (tertiary alicyclic amines) is 1. The second-order valence-corrected chi connectivity index (χ2v) is 6.04. The van der Waals surface area contributed by atoms with Gasteiger partial charge in [0.2, 0.25) is 5.91 Å². The number of nitrogens with zero attached hydrogens (tertiary/aromatic N) is 1. The van der Waals surface area contributed by atoms with Gasteiger partial charge in [0.15, 0.2) is 0 Å². The number of carbonyl (C=O) groups excluding carboxylic acids is 1. The molecule has 0 aromatic rings. The van der Waals surface area contributed by atoms with Crippen LogP contribution in [0.2, 0.25) is 0 Å². The van der Waals surface area contributed by atoms with E-state index in [9.17, 15) is 4.79 Å². The third-order valence-corrected chi connectivity index (χ3v) is 4.65. The van der Waals surface area contributed by atoms with Crippen molar-refractivity contribution in [3.63, 3.8) is 0 Å². The van der Waals surface area contributed by atoms with Gasteiger partial charge in [0.25, 0.3) is 0 Å². The molecule has 0 aliphatic carbocycles. The molecule has 0 radical (unpaired) electrons. The van der Waals surface area contributed by atoms with Crippen LogP contribution >= 0.6 is 11.8 Å². The maximum atomic E-state index is 12.3. The van der Waals surface area contributed by atoms with Gasteiger partial charge in [-0.2, -0.15) is 11.8 Å². The number of rotatable bonds is 3. The molecule has 2 saturated heterocycles. The van der Waals surface area contributed by atoms with E-state index in [0.29, 0.717) is 5.92 Å². The summed E-state index contributed by atoms with van der Waals surface area (Å²) in [6.07, 6.45) is 3.06. The summed E-state index contributed by atoms with van der Waals surface area (Å²) in [5, 5.41) is 12.3. The zero-order chi connectivity index (χ0) is 12.1. The molecule has 0 aromatic carbocycles. The topological polar surface area (TPSA) is 52.6 Å². The Bertz CT molecular complexity index is 255. The Hall–Kier alpha value is -0.260. The number of aliphatic hydroxyl groups excluding tert-OH is 1. The first-order valence-electron chi connectivity index (χ1n) is 6.52. The summed E-state index contributed by atoms with van der Waals surface area (Å²) in [7, 11) is 0. The van der Waals surface area contributed by atoms with Crippen LogP contribution in [0.3, 0.4) is 0 Å². The SMILES string of the molecule is O=C(C1CSCCN1)N1CCCC(CCO)C1. The molecule has 0 saturated carbocycles. The fourth-order valence-electron chi connectivity index (χ4n) is 2.63. The van der Waals surface area contributed by atoms with E-state index in [4.69, 9.17) is 5.11 Å². The normalized spacial score (nSPS) is 30.3. The summed E-state index contributed by atoms with van der Waals surface area (Å²) in [6, 6.07) is 0.0154. The van der Waals surface area contributed by atoms with Crippen molar-refractivity contribution in [2.45, 2.75) is 25.3 Å². The van der Waals surface area contributed by atoms with Crippen molar-refractivity contribution in [1.82, 2.24) is 10.2 Å². The highest BCUT2D eigenvalue weighted by Crippen LogP contribution is 2.21. The van der Waals surface area contributed by atoms with E-state index in [1.54, 1.807) is 0 Å². The Kier molecular flexibility index (Phi) is 5.13. The second kappa shape index (κ2) is 6.61. The maximum absolute atomic E-state index is 12.3. The molecule has 0 bridgehead atoms. The second-order valence-electron chi connectivity index (χ2n) is 4.89. The number of carbonyl (C=O) groups is 1. The molecule has 2 unspecified atom stereocenters. The molecule has 0 aromatic heterocycles. The average Bonchev–Trinajstić information content (AvgIpc) is 2.40. The third-order valence-electron chi connectivity index (χ3n) is 3.59. The highest BCUT2D eigenvalue weighted by atomic mass is 32.2. The number of aliphatic hydroxyl groups is 1. The van der Waals surface area contributed by atoms with E-state index < -0.39 is 0 Å². The van der Waals surface area contributed by atoms with Gasteiger partial charge in [-0.05, 0) is 25.2 Å². The Balaban J connectivity index is 1.85. The van der Waals surface area contributed by atoms with Crippen LogP contribution in [-0.4, -0.2) is 59.7 Å². The lowest BCUT2D eigenvalue weighted by atomic mass is 9.95. The van der Waals surface area contributed by atoms with Crippen molar-refractivity contribution in [2.75, 3.05) is 37.7 Å². The van der Waals surface area contributed by atoms with Gasteiger partial charge >= 0.3 is 0 Å². The van der Waals surface area contributed by atoms with Gasteiger partial charge < -0.3 is 15.3 Å². The van der Waals surface area contributed by atoms with E-state index in [1.807, 2.05) is 16.7 Å². The van der Waals surface area contributed by atoms with E-state index in [-0.39, 0.29) is 18.6 Å². The molecule has 17 heavy (non-hydrogen) atoms. The average molecular weight is 258 g/mol. The summed E-state index contributed by atoms with van der Waals surface area (Å²) >= 11 is 1.86. The van der Waals surface area contributed by atoms with Gasteiger partial charge in [-0.3, -0.25) is 4.79 Å². The van der Waals surface area contributed by atoms with E-state index in [2.05, 4.69) is 5.32 Å². The first kappa shape index (κ1) is 13.2. The molecule has 2 heterocycles. The molecule has 2 aliphatic heterocycles. The van der Waals surface area contributed by atoms with Gasteiger partial charge in [-0.15, -0.1) is 0 Å². The van der Waals surface area contributed by atoms with E-state index >= 15 is 0 Å². The molecule has 0 spiro atoms. The van der Waals surface area contributed by atoms with Crippen LogP contribution in [0.1, 0.15) is 19.3 Å². The highest BCUT2D eigenvalue weighted by molar-refractivity contribution is 7.99. The molecular formula is C12H22N2O2S. The lowest BCUT2D eigenvalue weighted by Crippen LogP contribution is -2.53. The van der Waals surface area contributed by atoms with Crippen LogP contribution in [0, 0.1) is 5.92 Å². The highest BCUT2D eigenvalue weighted by Gasteiger charge is 2.29. The number of hydrogen-bond donors (Lipinski definition) is 2. The summed E-state index contributed by atoms with van der Waals surface area (Å²) in [6.45, 7) is 2.91. The molecule has 98 valence electrons. The minimum atomic E-state index is 0.0154. The molecule has 2 fully saturated rings. The molecule has 4 nitrogen and oxygen atoms in total. The minimum absolute atomic E-state index is 0.0154. The van der Waals surface area contributed by atoms with Crippen molar-refractivity contribution in [1.29, 1.82) is 0 Å².